The second-order valence-corrected chi connectivity index (χ2v) is 2.55. The van der Waals surface area contributed by atoms with Gasteiger partial charge in [0.2, 0.25) is 0 Å². The van der Waals surface area contributed by atoms with Crippen molar-refractivity contribution in [2.75, 3.05) is 6.56 Å². The Balaban J connectivity index is 2.81. The lowest BCUT2D eigenvalue weighted by molar-refractivity contribution is -0.286. The molecule has 1 heterocycles. The zero-order chi connectivity index (χ0) is 11.1. The maximum Gasteiger partial charge on any atom is 0.184 e. The Morgan fingerprint density at radius 1 is 1.08 bits per heavy atom. The third-order valence-corrected chi connectivity index (χ3v) is 1.72. The quantitative estimate of drug-likeness (QED) is 0.292. The molecule has 0 saturated carbocycles. The zero-order valence-corrected chi connectivity index (χ0v) is 6.03. The van der Waals surface area contributed by atoms with E-state index in [2.05, 4.69) is 4.74 Å². The SMILES string of the molecule is [2H]C([2H])(O)[C@H]1O[C@H](O)[C@H](O)[C@@H](O)[C@@H]1O. The van der Waals surface area contributed by atoms with E-state index in [4.69, 9.17) is 23.2 Å². The van der Waals surface area contributed by atoms with Crippen molar-refractivity contribution >= 4 is 0 Å². The van der Waals surface area contributed by atoms with Crippen molar-refractivity contribution in [1.29, 1.82) is 0 Å². The van der Waals surface area contributed by atoms with E-state index in [1.54, 1.807) is 0 Å². The van der Waals surface area contributed by atoms with Crippen LogP contribution in [0.4, 0.5) is 0 Å². The minimum atomic E-state index is -2.92. The molecule has 12 heavy (non-hydrogen) atoms. The smallest absolute Gasteiger partial charge is 0.184 e. The third-order valence-electron chi connectivity index (χ3n) is 1.72. The fourth-order valence-electron chi connectivity index (χ4n) is 0.968. The van der Waals surface area contributed by atoms with E-state index in [0.29, 0.717) is 0 Å². The van der Waals surface area contributed by atoms with E-state index in [1.807, 2.05) is 0 Å². The zero-order valence-electron chi connectivity index (χ0n) is 8.03. The number of aliphatic hydroxyl groups excluding tert-OH is 4. The molecule has 0 aliphatic carbocycles. The number of ether oxygens (including phenoxy) is 1. The summed E-state index contributed by atoms with van der Waals surface area (Å²) in [5.41, 5.74) is 0. The number of hydrogen-bond donors (Lipinski definition) is 5. The minimum Gasteiger partial charge on any atom is -0.394 e. The van der Waals surface area contributed by atoms with Gasteiger partial charge in [-0.05, 0) is 0 Å². The van der Waals surface area contributed by atoms with Crippen LogP contribution in [0.15, 0.2) is 0 Å². The molecule has 6 nitrogen and oxygen atoms in total. The molecule has 6 heteroatoms. The molecule has 1 aliphatic rings. The molecule has 1 saturated heterocycles. The van der Waals surface area contributed by atoms with Crippen molar-refractivity contribution in [3.05, 3.63) is 0 Å². The molecule has 5 atom stereocenters. The Morgan fingerprint density at radius 3 is 2.17 bits per heavy atom. The molecule has 1 fully saturated rings. The highest BCUT2D eigenvalue weighted by molar-refractivity contribution is 4.87. The highest BCUT2D eigenvalue weighted by atomic mass is 16.6. The summed E-state index contributed by atoms with van der Waals surface area (Å²) in [6.07, 6.45) is -8.97. The standard InChI is InChI=1S/C6H12O6/c7-1-2-3(8)4(9)5(10)6(11)12-2/h2-11H,1H2/t2-,3-,4+,5-,6+/m1/s1/i1D2. The summed E-state index contributed by atoms with van der Waals surface area (Å²) < 4.78 is 18.1. The largest absolute Gasteiger partial charge is 0.394 e. The van der Waals surface area contributed by atoms with Gasteiger partial charge in [0, 0.05) is 0 Å². The molecule has 0 amide bonds. The predicted octanol–water partition coefficient (Wildman–Crippen LogP) is -3.22. The molecule has 0 aromatic heterocycles. The lowest BCUT2D eigenvalue weighted by Gasteiger charge is -2.37. The summed E-state index contributed by atoms with van der Waals surface area (Å²) in [5.74, 6) is 0. The molecular formula is C6H12O6. The van der Waals surface area contributed by atoms with E-state index < -0.39 is 37.3 Å². The first-order valence-electron chi connectivity index (χ1n) is 4.35. The molecule has 0 bridgehead atoms. The van der Waals surface area contributed by atoms with Gasteiger partial charge >= 0.3 is 0 Å². The highest BCUT2D eigenvalue weighted by Crippen LogP contribution is 2.18. The third kappa shape index (κ3) is 1.58. The van der Waals surface area contributed by atoms with Gasteiger partial charge in [0.15, 0.2) is 6.29 Å². The van der Waals surface area contributed by atoms with Crippen LogP contribution in [0.5, 0.6) is 0 Å². The molecule has 1 rings (SSSR count). The average molecular weight is 182 g/mol. The first-order valence-corrected chi connectivity index (χ1v) is 3.35. The van der Waals surface area contributed by atoms with E-state index in [-0.39, 0.29) is 0 Å². The van der Waals surface area contributed by atoms with Crippen LogP contribution in [-0.4, -0.2) is 62.8 Å². The van der Waals surface area contributed by atoms with Crippen LogP contribution in [0, 0.1) is 0 Å². The summed E-state index contributed by atoms with van der Waals surface area (Å²) >= 11 is 0. The van der Waals surface area contributed by atoms with Gasteiger partial charge in [0.25, 0.3) is 0 Å². The maximum absolute atomic E-state index is 9.22. The van der Waals surface area contributed by atoms with E-state index in [1.165, 1.54) is 0 Å². The lowest BCUT2D eigenvalue weighted by atomic mass is 10.00. The molecule has 1 aliphatic heterocycles. The van der Waals surface area contributed by atoms with Crippen molar-refractivity contribution in [2.24, 2.45) is 0 Å². The molecule has 0 unspecified atom stereocenters. The highest BCUT2D eigenvalue weighted by Gasteiger charge is 2.42. The Labute approximate surface area is 71.5 Å². The summed E-state index contributed by atoms with van der Waals surface area (Å²) in [7, 11) is 0. The molecule has 0 aromatic carbocycles. The Hall–Kier alpha value is -0.240. The van der Waals surface area contributed by atoms with Crippen molar-refractivity contribution in [2.45, 2.75) is 30.7 Å². The van der Waals surface area contributed by atoms with Gasteiger partial charge in [-0.2, -0.15) is 0 Å². The molecule has 72 valence electrons. The predicted molar refractivity (Wildman–Crippen MR) is 36.0 cm³/mol. The second kappa shape index (κ2) is 3.65. The van der Waals surface area contributed by atoms with Crippen molar-refractivity contribution in [3.8, 4) is 0 Å². The molecule has 0 aromatic rings. The minimum absolute atomic E-state index is 1.73. The van der Waals surface area contributed by atoms with E-state index in [0.717, 1.165) is 0 Å². The van der Waals surface area contributed by atoms with Crippen LogP contribution in [-0.2, 0) is 4.74 Å². The van der Waals surface area contributed by atoms with Gasteiger partial charge in [-0.3, -0.25) is 0 Å². The first kappa shape index (κ1) is 7.19. The topological polar surface area (TPSA) is 110 Å². The average Bonchev–Trinajstić information content (AvgIpc) is 2.06. The first-order chi connectivity index (χ1) is 6.25. The number of hydrogen-bond acceptors (Lipinski definition) is 6. The number of rotatable bonds is 1. The molecule has 0 spiro atoms. The second-order valence-electron chi connectivity index (χ2n) is 2.55. The summed E-state index contributed by atoms with van der Waals surface area (Å²) in [6.45, 7) is -2.92. The van der Waals surface area contributed by atoms with Gasteiger partial charge in [-0.1, -0.05) is 0 Å². The normalized spacial score (nSPS) is 52.9. The fraction of sp³-hybridized carbons (Fsp3) is 1.00. The number of aliphatic hydroxyl groups is 5. The van der Waals surface area contributed by atoms with Gasteiger partial charge < -0.3 is 30.3 Å². The van der Waals surface area contributed by atoms with Crippen LogP contribution in [0.1, 0.15) is 2.74 Å². The summed E-state index contributed by atoms with van der Waals surface area (Å²) in [5, 5.41) is 45.2. The Morgan fingerprint density at radius 2 is 1.67 bits per heavy atom. The van der Waals surface area contributed by atoms with Gasteiger partial charge in [-0.25, -0.2) is 0 Å². The molecular weight excluding hydrogens is 168 g/mol. The Kier molecular flexibility index (Phi) is 2.19. The lowest BCUT2D eigenvalue weighted by Crippen LogP contribution is -2.58. The monoisotopic (exact) mass is 182 g/mol. The van der Waals surface area contributed by atoms with Crippen molar-refractivity contribution in [1.82, 2.24) is 0 Å². The van der Waals surface area contributed by atoms with Crippen LogP contribution >= 0.6 is 0 Å². The van der Waals surface area contributed by atoms with Crippen LogP contribution in [0.25, 0.3) is 0 Å². The summed E-state index contributed by atoms with van der Waals surface area (Å²) in [4.78, 5) is 0. The van der Waals surface area contributed by atoms with Crippen molar-refractivity contribution < 1.29 is 33.0 Å². The van der Waals surface area contributed by atoms with Gasteiger partial charge in [0.1, 0.15) is 24.4 Å². The summed E-state index contributed by atoms with van der Waals surface area (Å²) in [6, 6.07) is 0. The Bertz CT molecular complexity index is 207. The van der Waals surface area contributed by atoms with E-state index >= 15 is 0 Å². The fourth-order valence-corrected chi connectivity index (χ4v) is 0.968. The van der Waals surface area contributed by atoms with Crippen LogP contribution in [0.2, 0.25) is 0 Å². The van der Waals surface area contributed by atoms with E-state index in [9.17, 15) is 5.11 Å². The van der Waals surface area contributed by atoms with Crippen molar-refractivity contribution in [3.63, 3.8) is 0 Å². The molecule has 5 N–H and O–H groups in total. The van der Waals surface area contributed by atoms with Gasteiger partial charge in [0.05, 0.1) is 9.30 Å². The van der Waals surface area contributed by atoms with Crippen LogP contribution in [0.3, 0.4) is 0 Å². The molecule has 0 radical (unpaired) electrons. The van der Waals surface area contributed by atoms with Gasteiger partial charge in [-0.15, -0.1) is 0 Å². The maximum atomic E-state index is 9.22. The van der Waals surface area contributed by atoms with Crippen LogP contribution < -0.4 is 0 Å².